The number of nitrogens with zero attached hydrogens (tertiary/aromatic N) is 2. The SMILES string of the molecule is CCCCCNC(=O)C(C)Nc1cn(C)nc1CC. The maximum atomic E-state index is 11.9. The molecule has 1 unspecified atom stereocenters. The fraction of sp³-hybridized carbons (Fsp3) is 0.714. The Balaban J connectivity index is 2.44. The molecule has 0 fully saturated rings. The highest BCUT2D eigenvalue weighted by Crippen LogP contribution is 2.14. The molecular formula is C14H26N4O. The van der Waals surface area contributed by atoms with Crippen LogP contribution in [0.1, 0.15) is 45.7 Å². The van der Waals surface area contributed by atoms with E-state index in [1.54, 1.807) is 4.68 Å². The van der Waals surface area contributed by atoms with Crippen LogP contribution in [0.3, 0.4) is 0 Å². The van der Waals surface area contributed by atoms with E-state index in [0.717, 1.165) is 37.2 Å². The van der Waals surface area contributed by atoms with E-state index in [1.165, 1.54) is 6.42 Å². The first-order valence-corrected chi connectivity index (χ1v) is 7.15. The highest BCUT2D eigenvalue weighted by Gasteiger charge is 2.14. The second-order valence-electron chi connectivity index (χ2n) is 4.88. The molecule has 1 heterocycles. The minimum absolute atomic E-state index is 0.0435. The molecule has 1 aromatic rings. The number of aromatic nitrogens is 2. The van der Waals surface area contributed by atoms with Gasteiger partial charge in [-0.3, -0.25) is 9.48 Å². The summed E-state index contributed by atoms with van der Waals surface area (Å²) in [5.41, 5.74) is 1.94. The zero-order chi connectivity index (χ0) is 14.3. The molecule has 5 nitrogen and oxygen atoms in total. The van der Waals surface area contributed by atoms with Gasteiger partial charge < -0.3 is 10.6 Å². The summed E-state index contributed by atoms with van der Waals surface area (Å²) < 4.78 is 1.77. The lowest BCUT2D eigenvalue weighted by atomic mass is 10.2. The fourth-order valence-corrected chi connectivity index (χ4v) is 1.95. The molecule has 5 heteroatoms. The third kappa shape index (κ3) is 4.93. The largest absolute Gasteiger partial charge is 0.371 e. The van der Waals surface area contributed by atoms with E-state index < -0.39 is 0 Å². The number of rotatable bonds is 8. The maximum Gasteiger partial charge on any atom is 0.242 e. The normalized spacial score (nSPS) is 12.2. The Morgan fingerprint density at radius 1 is 1.42 bits per heavy atom. The van der Waals surface area contributed by atoms with Crippen LogP contribution >= 0.6 is 0 Å². The Bertz CT molecular complexity index is 400. The van der Waals surface area contributed by atoms with Crippen LogP contribution in [0.25, 0.3) is 0 Å². The first kappa shape index (κ1) is 15.5. The Labute approximate surface area is 115 Å². The summed E-state index contributed by atoms with van der Waals surface area (Å²) in [5, 5.41) is 10.5. The van der Waals surface area contributed by atoms with Gasteiger partial charge in [-0.15, -0.1) is 0 Å². The summed E-state index contributed by atoms with van der Waals surface area (Å²) in [7, 11) is 1.89. The standard InChI is InChI=1S/C14H26N4O/c1-5-7-8-9-15-14(19)11(3)16-13-10-18(4)17-12(13)6-2/h10-11,16H,5-9H2,1-4H3,(H,15,19). The lowest BCUT2D eigenvalue weighted by Gasteiger charge is -2.14. The van der Waals surface area contributed by atoms with E-state index in [-0.39, 0.29) is 11.9 Å². The molecule has 0 radical (unpaired) electrons. The lowest BCUT2D eigenvalue weighted by Crippen LogP contribution is -2.38. The molecule has 1 rings (SSSR count). The van der Waals surface area contributed by atoms with E-state index in [0.29, 0.717) is 0 Å². The predicted molar refractivity (Wildman–Crippen MR) is 78.2 cm³/mol. The second kappa shape index (κ2) is 7.81. The average Bonchev–Trinajstić information content (AvgIpc) is 2.74. The molecule has 0 saturated heterocycles. The smallest absolute Gasteiger partial charge is 0.242 e. The van der Waals surface area contributed by atoms with Crippen molar-refractivity contribution in [3.63, 3.8) is 0 Å². The van der Waals surface area contributed by atoms with Crippen LogP contribution in [-0.4, -0.2) is 28.3 Å². The van der Waals surface area contributed by atoms with Gasteiger partial charge in [0.05, 0.1) is 11.4 Å². The Morgan fingerprint density at radius 2 is 2.16 bits per heavy atom. The highest BCUT2D eigenvalue weighted by atomic mass is 16.2. The molecule has 1 aromatic heterocycles. The number of carbonyl (C=O) groups excluding carboxylic acids is 1. The van der Waals surface area contributed by atoms with Crippen molar-refractivity contribution in [3.8, 4) is 0 Å². The van der Waals surface area contributed by atoms with E-state index in [1.807, 2.05) is 20.2 Å². The molecule has 0 saturated carbocycles. The van der Waals surface area contributed by atoms with Gasteiger partial charge in [-0.05, 0) is 19.8 Å². The van der Waals surface area contributed by atoms with Crippen molar-refractivity contribution in [2.24, 2.45) is 7.05 Å². The number of aryl methyl sites for hydroxylation is 2. The minimum Gasteiger partial charge on any atom is -0.371 e. The molecule has 1 atom stereocenters. The second-order valence-corrected chi connectivity index (χ2v) is 4.88. The fourth-order valence-electron chi connectivity index (χ4n) is 1.95. The van der Waals surface area contributed by atoms with Crippen molar-refractivity contribution < 1.29 is 4.79 Å². The van der Waals surface area contributed by atoms with Gasteiger partial charge in [0.1, 0.15) is 6.04 Å². The van der Waals surface area contributed by atoms with Crippen LogP contribution in [0.5, 0.6) is 0 Å². The number of anilines is 1. The highest BCUT2D eigenvalue weighted by molar-refractivity contribution is 5.84. The van der Waals surface area contributed by atoms with Gasteiger partial charge in [0, 0.05) is 19.8 Å². The molecule has 1 amide bonds. The van der Waals surface area contributed by atoms with Crippen LogP contribution in [0, 0.1) is 0 Å². The van der Waals surface area contributed by atoms with Crippen LogP contribution in [0.4, 0.5) is 5.69 Å². The first-order valence-electron chi connectivity index (χ1n) is 7.15. The molecule has 0 spiro atoms. The van der Waals surface area contributed by atoms with E-state index in [9.17, 15) is 4.79 Å². The summed E-state index contributed by atoms with van der Waals surface area (Å²) in [6.07, 6.45) is 6.14. The molecule has 0 aliphatic carbocycles. The van der Waals surface area contributed by atoms with Gasteiger partial charge in [0.15, 0.2) is 0 Å². The third-order valence-corrected chi connectivity index (χ3v) is 3.09. The van der Waals surface area contributed by atoms with Gasteiger partial charge >= 0.3 is 0 Å². The molecular weight excluding hydrogens is 240 g/mol. The molecule has 2 N–H and O–H groups in total. The number of nitrogens with one attached hydrogen (secondary N) is 2. The summed E-state index contributed by atoms with van der Waals surface area (Å²) in [5.74, 6) is 0.0435. The van der Waals surface area contributed by atoms with Crippen LogP contribution in [0.15, 0.2) is 6.20 Å². The number of hydrogen-bond acceptors (Lipinski definition) is 3. The van der Waals surface area contributed by atoms with E-state index >= 15 is 0 Å². The molecule has 0 aromatic carbocycles. The van der Waals surface area contributed by atoms with E-state index in [4.69, 9.17) is 0 Å². The monoisotopic (exact) mass is 266 g/mol. The van der Waals surface area contributed by atoms with Crippen molar-refractivity contribution in [1.29, 1.82) is 0 Å². The topological polar surface area (TPSA) is 59.0 Å². The van der Waals surface area contributed by atoms with Crippen LogP contribution < -0.4 is 10.6 Å². The third-order valence-electron chi connectivity index (χ3n) is 3.09. The van der Waals surface area contributed by atoms with Gasteiger partial charge in [-0.2, -0.15) is 5.10 Å². The van der Waals surface area contributed by atoms with Gasteiger partial charge in [0.2, 0.25) is 5.91 Å². The molecule has 108 valence electrons. The zero-order valence-corrected chi connectivity index (χ0v) is 12.5. The van der Waals surface area contributed by atoms with Gasteiger partial charge in [-0.1, -0.05) is 26.7 Å². The molecule has 19 heavy (non-hydrogen) atoms. The summed E-state index contributed by atoms with van der Waals surface area (Å²) in [6.45, 7) is 6.84. The molecule has 0 aliphatic heterocycles. The van der Waals surface area contributed by atoms with Gasteiger partial charge in [0.25, 0.3) is 0 Å². The summed E-state index contributed by atoms with van der Waals surface area (Å²) >= 11 is 0. The quantitative estimate of drug-likeness (QED) is 0.708. The number of carbonyl (C=O) groups is 1. The predicted octanol–water partition coefficient (Wildman–Crippen LogP) is 2.09. The van der Waals surface area contributed by atoms with Crippen LogP contribution in [0.2, 0.25) is 0 Å². The first-order chi connectivity index (χ1) is 9.08. The number of amides is 1. The van der Waals surface area contributed by atoms with E-state index in [2.05, 4.69) is 29.6 Å². The van der Waals surface area contributed by atoms with Crippen molar-refractivity contribution in [3.05, 3.63) is 11.9 Å². The minimum atomic E-state index is -0.240. The number of hydrogen-bond donors (Lipinski definition) is 2. The zero-order valence-electron chi connectivity index (χ0n) is 12.5. The summed E-state index contributed by atoms with van der Waals surface area (Å²) in [4.78, 5) is 11.9. The molecule has 0 bridgehead atoms. The van der Waals surface area contributed by atoms with Crippen molar-refractivity contribution in [1.82, 2.24) is 15.1 Å². The lowest BCUT2D eigenvalue weighted by molar-refractivity contribution is -0.121. The Morgan fingerprint density at radius 3 is 2.79 bits per heavy atom. The number of unbranched alkanes of at least 4 members (excludes halogenated alkanes) is 2. The Hall–Kier alpha value is -1.52. The average molecular weight is 266 g/mol. The van der Waals surface area contributed by atoms with Crippen molar-refractivity contribution in [2.75, 3.05) is 11.9 Å². The van der Waals surface area contributed by atoms with Crippen molar-refractivity contribution >= 4 is 11.6 Å². The van der Waals surface area contributed by atoms with Gasteiger partial charge in [-0.25, -0.2) is 0 Å². The molecule has 0 aliphatic rings. The Kier molecular flexibility index (Phi) is 6.39. The van der Waals surface area contributed by atoms with Crippen molar-refractivity contribution in [2.45, 2.75) is 52.5 Å². The van der Waals surface area contributed by atoms with Crippen LogP contribution in [-0.2, 0) is 18.3 Å². The maximum absolute atomic E-state index is 11.9. The summed E-state index contributed by atoms with van der Waals surface area (Å²) in [6, 6.07) is -0.240.